The van der Waals surface area contributed by atoms with Gasteiger partial charge in [-0.25, -0.2) is 4.39 Å². The van der Waals surface area contributed by atoms with Crippen molar-refractivity contribution < 1.29 is 19.0 Å². The van der Waals surface area contributed by atoms with Crippen LogP contribution in [-0.2, 0) is 15.1 Å². The fourth-order valence-corrected chi connectivity index (χ4v) is 4.53. The largest absolute Gasteiger partial charge is 0.385 e. The minimum Gasteiger partial charge on any atom is -0.385 e. The van der Waals surface area contributed by atoms with Crippen molar-refractivity contribution in [2.24, 2.45) is 0 Å². The molecule has 4 rings (SSSR count). The molecule has 2 aromatic rings. The summed E-state index contributed by atoms with van der Waals surface area (Å²) in [5.74, 6) is 0.276. The molecule has 0 unspecified atom stereocenters. The van der Waals surface area contributed by atoms with Gasteiger partial charge in [0, 0.05) is 32.4 Å². The SMILES string of the molecule is COCCCC[C@@](O)(c1cccc(F)c1-c1cccc(C2CC2)c1)[C@H]1CNCCO1. The second-order valence-corrected chi connectivity index (χ2v) is 8.50. The Bertz CT molecular complexity index is 848. The maximum atomic E-state index is 15.2. The highest BCUT2D eigenvalue weighted by Crippen LogP contribution is 2.44. The highest BCUT2D eigenvalue weighted by atomic mass is 19.1. The van der Waals surface area contributed by atoms with Crippen LogP contribution in [0.15, 0.2) is 42.5 Å². The Morgan fingerprint density at radius 3 is 2.77 bits per heavy atom. The molecule has 1 heterocycles. The van der Waals surface area contributed by atoms with E-state index in [0.717, 1.165) is 24.9 Å². The Labute approximate surface area is 178 Å². The normalized spacial score (nSPS) is 21.4. The van der Waals surface area contributed by atoms with Crippen molar-refractivity contribution in [1.82, 2.24) is 5.32 Å². The first-order valence-corrected chi connectivity index (χ1v) is 11.1. The lowest BCUT2D eigenvalue weighted by Gasteiger charge is -2.40. The van der Waals surface area contributed by atoms with Gasteiger partial charge in [-0.2, -0.15) is 0 Å². The fourth-order valence-electron chi connectivity index (χ4n) is 4.53. The van der Waals surface area contributed by atoms with Crippen molar-refractivity contribution in [3.8, 4) is 11.1 Å². The molecule has 5 heteroatoms. The molecular weight excluding hydrogens is 381 g/mol. The fraction of sp³-hybridized carbons (Fsp3) is 0.520. The van der Waals surface area contributed by atoms with E-state index >= 15 is 4.39 Å². The van der Waals surface area contributed by atoms with Gasteiger partial charge in [-0.1, -0.05) is 36.4 Å². The average molecular weight is 414 g/mol. The molecular formula is C25H32FNO3. The first-order valence-electron chi connectivity index (χ1n) is 11.1. The number of ether oxygens (including phenoxy) is 2. The van der Waals surface area contributed by atoms with Crippen LogP contribution in [0.1, 0.15) is 49.1 Å². The van der Waals surface area contributed by atoms with Crippen LogP contribution in [0.2, 0.25) is 0 Å². The van der Waals surface area contributed by atoms with E-state index in [0.29, 0.717) is 43.2 Å². The molecule has 1 aliphatic carbocycles. The van der Waals surface area contributed by atoms with E-state index in [9.17, 15) is 5.11 Å². The molecule has 1 saturated carbocycles. The minimum absolute atomic E-state index is 0.306. The highest BCUT2D eigenvalue weighted by molar-refractivity contribution is 5.70. The van der Waals surface area contributed by atoms with E-state index in [4.69, 9.17) is 9.47 Å². The van der Waals surface area contributed by atoms with Crippen LogP contribution in [0.4, 0.5) is 4.39 Å². The molecule has 0 amide bonds. The van der Waals surface area contributed by atoms with E-state index in [-0.39, 0.29) is 5.82 Å². The molecule has 4 nitrogen and oxygen atoms in total. The molecule has 0 bridgehead atoms. The number of rotatable bonds is 9. The molecule has 1 aliphatic heterocycles. The first-order chi connectivity index (χ1) is 14.6. The summed E-state index contributed by atoms with van der Waals surface area (Å²) in [4.78, 5) is 0. The van der Waals surface area contributed by atoms with E-state index in [1.165, 1.54) is 24.5 Å². The zero-order valence-corrected chi connectivity index (χ0v) is 17.7. The molecule has 2 aliphatic rings. The molecule has 0 aromatic heterocycles. The van der Waals surface area contributed by atoms with Crippen LogP contribution >= 0.6 is 0 Å². The van der Waals surface area contributed by atoms with Crippen LogP contribution in [0.5, 0.6) is 0 Å². The maximum absolute atomic E-state index is 15.2. The molecule has 30 heavy (non-hydrogen) atoms. The van der Waals surface area contributed by atoms with Gasteiger partial charge in [-0.3, -0.25) is 0 Å². The average Bonchev–Trinajstić information content (AvgIpc) is 3.63. The topological polar surface area (TPSA) is 50.7 Å². The van der Waals surface area contributed by atoms with Crippen LogP contribution in [-0.4, -0.2) is 44.6 Å². The van der Waals surface area contributed by atoms with Crippen molar-refractivity contribution >= 4 is 0 Å². The van der Waals surface area contributed by atoms with E-state index < -0.39 is 11.7 Å². The third-order valence-corrected chi connectivity index (χ3v) is 6.32. The summed E-state index contributed by atoms with van der Waals surface area (Å²) in [6, 6.07) is 13.2. The number of halogens is 1. The van der Waals surface area contributed by atoms with Crippen LogP contribution in [0.25, 0.3) is 11.1 Å². The van der Waals surface area contributed by atoms with Crippen molar-refractivity contribution in [1.29, 1.82) is 0 Å². The predicted molar refractivity (Wildman–Crippen MR) is 116 cm³/mol. The predicted octanol–water partition coefficient (Wildman–Crippen LogP) is 4.36. The Morgan fingerprint density at radius 1 is 1.20 bits per heavy atom. The number of hydrogen-bond donors (Lipinski definition) is 2. The maximum Gasteiger partial charge on any atom is 0.131 e. The summed E-state index contributed by atoms with van der Waals surface area (Å²) >= 11 is 0. The van der Waals surface area contributed by atoms with E-state index in [2.05, 4.69) is 17.4 Å². The third kappa shape index (κ3) is 4.59. The second-order valence-electron chi connectivity index (χ2n) is 8.50. The monoisotopic (exact) mass is 413 g/mol. The van der Waals surface area contributed by atoms with E-state index in [1.807, 2.05) is 18.2 Å². The van der Waals surface area contributed by atoms with Gasteiger partial charge < -0.3 is 19.9 Å². The number of benzene rings is 2. The molecule has 0 spiro atoms. The lowest BCUT2D eigenvalue weighted by molar-refractivity contribution is -0.129. The van der Waals surface area contributed by atoms with Gasteiger partial charge in [-0.15, -0.1) is 0 Å². The number of hydrogen-bond acceptors (Lipinski definition) is 4. The standard InChI is InChI=1S/C25H32FNO3/c1-29-14-3-2-12-25(28,23-17-27-13-15-30-23)21-8-5-9-22(26)24(21)20-7-4-6-19(16-20)18-10-11-18/h4-9,16,18,23,27-28H,2-3,10-15,17H2,1H3/t23-,25-/m1/s1. The summed E-state index contributed by atoms with van der Waals surface area (Å²) in [5.41, 5.74) is 1.89. The quantitative estimate of drug-likeness (QED) is 0.600. The smallest absolute Gasteiger partial charge is 0.131 e. The molecule has 2 fully saturated rings. The zero-order chi connectivity index (χ0) is 21.0. The summed E-state index contributed by atoms with van der Waals surface area (Å²) < 4.78 is 26.4. The first kappa shape index (κ1) is 21.4. The Hall–Kier alpha value is -1.79. The number of unbranched alkanes of at least 4 members (excludes halogenated alkanes) is 1. The molecule has 2 N–H and O–H groups in total. The number of nitrogens with one attached hydrogen (secondary N) is 1. The van der Waals surface area contributed by atoms with Gasteiger partial charge in [0.05, 0.1) is 6.61 Å². The third-order valence-electron chi connectivity index (χ3n) is 6.32. The molecule has 2 aromatic carbocycles. The minimum atomic E-state index is -1.28. The number of aliphatic hydroxyl groups is 1. The number of morpholine rings is 1. The lowest BCUT2D eigenvalue weighted by atomic mass is 9.78. The van der Waals surface area contributed by atoms with Gasteiger partial charge >= 0.3 is 0 Å². The van der Waals surface area contributed by atoms with Gasteiger partial charge in [0.2, 0.25) is 0 Å². The molecule has 2 atom stereocenters. The van der Waals surface area contributed by atoms with Gasteiger partial charge in [0.15, 0.2) is 0 Å². The highest BCUT2D eigenvalue weighted by Gasteiger charge is 2.42. The van der Waals surface area contributed by atoms with Crippen molar-refractivity contribution in [3.05, 3.63) is 59.4 Å². The summed E-state index contributed by atoms with van der Waals surface area (Å²) in [5, 5.41) is 15.3. The summed E-state index contributed by atoms with van der Waals surface area (Å²) in [7, 11) is 1.68. The van der Waals surface area contributed by atoms with Crippen molar-refractivity contribution in [2.75, 3.05) is 33.4 Å². The zero-order valence-electron chi connectivity index (χ0n) is 17.7. The molecule has 162 valence electrons. The van der Waals surface area contributed by atoms with Gasteiger partial charge in [-0.05, 0) is 60.8 Å². The van der Waals surface area contributed by atoms with Gasteiger partial charge in [0.1, 0.15) is 17.5 Å². The summed E-state index contributed by atoms with van der Waals surface area (Å²) in [6.45, 7) is 2.47. The lowest BCUT2D eigenvalue weighted by Crippen LogP contribution is -2.51. The molecule has 0 radical (unpaired) electrons. The van der Waals surface area contributed by atoms with Crippen molar-refractivity contribution in [2.45, 2.75) is 49.7 Å². The second kappa shape index (κ2) is 9.56. The Kier molecular flexibility index (Phi) is 6.84. The van der Waals surface area contributed by atoms with E-state index in [1.54, 1.807) is 13.2 Å². The van der Waals surface area contributed by atoms with Crippen molar-refractivity contribution in [3.63, 3.8) is 0 Å². The van der Waals surface area contributed by atoms with Crippen LogP contribution in [0.3, 0.4) is 0 Å². The Morgan fingerprint density at radius 2 is 2.03 bits per heavy atom. The van der Waals surface area contributed by atoms with Gasteiger partial charge in [0.25, 0.3) is 0 Å². The number of methoxy groups -OCH3 is 1. The Balaban J connectivity index is 1.74. The van der Waals surface area contributed by atoms with Crippen LogP contribution in [0, 0.1) is 5.82 Å². The molecule has 1 saturated heterocycles. The summed E-state index contributed by atoms with van der Waals surface area (Å²) in [6.07, 6.45) is 4.04. The van der Waals surface area contributed by atoms with Crippen LogP contribution < -0.4 is 5.32 Å².